The maximum atomic E-state index is 13.4. The van der Waals surface area contributed by atoms with Crippen molar-refractivity contribution in [1.29, 1.82) is 5.26 Å². The number of anilines is 1. The Balaban J connectivity index is 1.89. The second-order valence-electron chi connectivity index (χ2n) is 7.25. The molecule has 28 heavy (non-hydrogen) atoms. The van der Waals surface area contributed by atoms with Crippen LogP contribution >= 0.6 is 11.6 Å². The summed E-state index contributed by atoms with van der Waals surface area (Å²) in [7, 11) is 0. The number of carbonyl (C=O) groups is 1. The highest BCUT2D eigenvalue weighted by Gasteiger charge is 2.42. The Morgan fingerprint density at radius 1 is 1.21 bits per heavy atom. The molecular weight excluding hydrogens is 372 g/mol. The molecular formula is C23H25ClN2O2. The van der Waals surface area contributed by atoms with E-state index >= 15 is 0 Å². The standard InChI is InChI=1S/C23H25ClN2O2/c1-2-14-28-21-11-10-18(15-17(21)16-25)26-22(27)23(12-6-3-7-13-23)19-8-4-5-9-20(19)24/h4-5,8-11,15H,2-3,6-7,12-14H2,1H3,(H,26,27). The minimum absolute atomic E-state index is 0.0635. The largest absolute Gasteiger partial charge is 0.492 e. The zero-order chi connectivity index (χ0) is 20.0. The van der Waals surface area contributed by atoms with Crippen LogP contribution in [0.1, 0.15) is 56.6 Å². The minimum Gasteiger partial charge on any atom is -0.492 e. The molecule has 1 fully saturated rings. The van der Waals surface area contributed by atoms with Crippen LogP contribution in [-0.4, -0.2) is 12.5 Å². The smallest absolute Gasteiger partial charge is 0.235 e. The van der Waals surface area contributed by atoms with Crippen molar-refractivity contribution in [3.63, 3.8) is 0 Å². The highest BCUT2D eigenvalue weighted by molar-refractivity contribution is 6.31. The molecule has 0 radical (unpaired) electrons. The van der Waals surface area contributed by atoms with Gasteiger partial charge in [-0.3, -0.25) is 4.79 Å². The minimum atomic E-state index is -0.638. The predicted molar refractivity (Wildman–Crippen MR) is 112 cm³/mol. The van der Waals surface area contributed by atoms with E-state index in [-0.39, 0.29) is 5.91 Å². The Hall–Kier alpha value is -2.51. The van der Waals surface area contributed by atoms with E-state index in [1.165, 1.54) is 0 Å². The monoisotopic (exact) mass is 396 g/mol. The van der Waals surface area contributed by atoms with Crippen LogP contribution < -0.4 is 10.1 Å². The summed E-state index contributed by atoms with van der Waals surface area (Å²) in [6.45, 7) is 2.56. The van der Waals surface area contributed by atoms with Gasteiger partial charge in [0, 0.05) is 10.7 Å². The fourth-order valence-electron chi connectivity index (χ4n) is 3.91. The van der Waals surface area contributed by atoms with Gasteiger partial charge in [0.2, 0.25) is 5.91 Å². The van der Waals surface area contributed by atoms with Gasteiger partial charge in [0.1, 0.15) is 11.8 Å². The summed E-state index contributed by atoms with van der Waals surface area (Å²) in [5.41, 5.74) is 1.27. The van der Waals surface area contributed by atoms with E-state index in [0.29, 0.717) is 28.6 Å². The highest BCUT2D eigenvalue weighted by atomic mass is 35.5. The zero-order valence-electron chi connectivity index (χ0n) is 16.1. The van der Waals surface area contributed by atoms with E-state index < -0.39 is 5.41 Å². The molecule has 1 N–H and O–H groups in total. The SMILES string of the molecule is CCCOc1ccc(NC(=O)C2(c3ccccc3Cl)CCCCC2)cc1C#N. The summed E-state index contributed by atoms with van der Waals surface area (Å²) in [5, 5.41) is 13.1. The topological polar surface area (TPSA) is 62.1 Å². The molecule has 1 amide bonds. The van der Waals surface area contributed by atoms with Gasteiger partial charge in [-0.05, 0) is 49.1 Å². The molecule has 0 spiro atoms. The molecule has 0 aromatic heterocycles. The molecule has 146 valence electrons. The molecule has 0 atom stereocenters. The van der Waals surface area contributed by atoms with Crippen molar-refractivity contribution >= 4 is 23.2 Å². The van der Waals surface area contributed by atoms with E-state index in [9.17, 15) is 10.1 Å². The lowest BCUT2D eigenvalue weighted by atomic mass is 9.68. The molecule has 0 heterocycles. The molecule has 1 aliphatic rings. The van der Waals surface area contributed by atoms with Crippen molar-refractivity contribution in [3.8, 4) is 11.8 Å². The van der Waals surface area contributed by atoms with Crippen LogP contribution in [-0.2, 0) is 10.2 Å². The van der Waals surface area contributed by atoms with Crippen molar-refractivity contribution < 1.29 is 9.53 Å². The predicted octanol–water partition coefficient (Wildman–Crippen LogP) is 5.84. The van der Waals surface area contributed by atoms with Crippen LogP contribution in [0, 0.1) is 11.3 Å². The van der Waals surface area contributed by atoms with Crippen LogP contribution in [0.3, 0.4) is 0 Å². The Bertz CT molecular complexity index is 882. The average molecular weight is 397 g/mol. The number of ether oxygens (including phenoxy) is 1. The van der Waals surface area contributed by atoms with Gasteiger partial charge in [0.25, 0.3) is 0 Å². The molecule has 4 nitrogen and oxygen atoms in total. The molecule has 5 heteroatoms. The third-order valence-corrected chi connectivity index (χ3v) is 5.68. The van der Waals surface area contributed by atoms with Crippen molar-refractivity contribution in [2.45, 2.75) is 50.9 Å². The Labute approximate surface area is 171 Å². The van der Waals surface area contributed by atoms with Crippen LogP contribution in [0.25, 0.3) is 0 Å². The van der Waals surface area contributed by atoms with Gasteiger partial charge in [0.15, 0.2) is 0 Å². The average Bonchev–Trinajstić information content (AvgIpc) is 2.73. The summed E-state index contributed by atoms with van der Waals surface area (Å²) < 4.78 is 5.61. The molecule has 0 unspecified atom stereocenters. The highest BCUT2D eigenvalue weighted by Crippen LogP contribution is 2.43. The number of nitriles is 1. The number of nitrogens with zero attached hydrogens (tertiary/aromatic N) is 1. The Morgan fingerprint density at radius 2 is 1.96 bits per heavy atom. The first-order chi connectivity index (χ1) is 13.6. The van der Waals surface area contributed by atoms with E-state index in [2.05, 4.69) is 11.4 Å². The first-order valence-electron chi connectivity index (χ1n) is 9.84. The van der Waals surface area contributed by atoms with Gasteiger partial charge < -0.3 is 10.1 Å². The van der Waals surface area contributed by atoms with E-state index in [1.807, 2.05) is 31.2 Å². The second-order valence-corrected chi connectivity index (χ2v) is 7.66. The molecule has 0 saturated heterocycles. The van der Waals surface area contributed by atoms with E-state index in [0.717, 1.165) is 44.1 Å². The zero-order valence-corrected chi connectivity index (χ0v) is 16.9. The van der Waals surface area contributed by atoms with E-state index in [1.54, 1.807) is 18.2 Å². The molecule has 1 saturated carbocycles. The number of nitrogens with one attached hydrogen (secondary N) is 1. The fraction of sp³-hybridized carbons (Fsp3) is 0.391. The lowest BCUT2D eigenvalue weighted by Gasteiger charge is -2.37. The summed E-state index contributed by atoms with van der Waals surface area (Å²) in [4.78, 5) is 13.4. The normalized spacial score (nSPS) is 15.5. The number of rotatable bonds is 6. The molecule has 1 aliphatic carbocycles. The number of amides is 1. The number of hydrogen-bond acceptors (Lipinski definition) is 3. The summed E-state index contributed by atoms with van der Waals surface area (Å²) in [6.07, 6.45) is 5.51. The number of carbonyl (C=O) groups excluding carboxylic acids is 1. The third kappa shape index (κ3) is 4.15. The van der Waals surface area contributed by atoms with Crippen molar-refractivity contribution in [1.82, 2.24) is 0 Å². The van der Waals surface area contributed by atoms with Crippen molar-refractivity contribution in [3.05, 3.63) is 58.6 Å². The van der Waals surface area contributed by atoms with Gasteiger partial charge >= 0.3 is 0 Å². The summed E-state index contributed by atoms with van der Waals surface area (Å²) in [5.74, 6) is 0.479. The maximum absolute atomic E-state index is 13.4. The summed E-state index contributed by atoms with van der Waals surface area (Å²) in [6, 6.07) is 15.0. The number of benzene rings is 2. The number of hydrogen-bond donors (Lipinski definition) is 1. The molecule has 0 bridgehead atoms. The first-order valence-corrected chi connectivity index (χ1v) is 10.2. The van der Waals surface area contributed by atoms with Gasteiger partial charge in [-0.1, -0.05) is 56.0 Å². The molecule has 0 aliphatic heterocycles. The molecule has 2 aromatic carbocycles. The molecule has 3 rings (SSSR count). The van der Waals surface area contributed by atoms with Crippen LogP contribution in [0.2, 0.25) is 5.02 Å². The van der Waals surface area contributed by atoms with Crippen molar-refractivity contribution in [2.75, 3.05) is 11.9 Å². The second kappa shape index (κ2) is 9.12. The molecule has 2 aromatic rings. The van der Waals surface area contributed by atoms with Crippen LogP contribution in [0.5, 0.6) is 5.75 Å². The quantitative estimate of drug-likeness (QED) is 0.666. The fourth-order valence-corrected chi connectivity index (χ4v) is 4.22. The van der Waals surface area contributed by atoms with Gasteiger partial charge in [-0.25, -0.2) is 0 Å². The van der Waals surface area contributed by atoms with Crippen LogP contribution in [0.15, 0.2) is 42.5 Å². The van der Waals surface area contributed by atoms with Gasteiger partial charge in [-0.15, -0.1) is 0 Å². The van der Waals surface area contributed by atoms with Crippen LogP contribution in [0.4, 0.5) is 5.69 Å². The Morgan fingerprint density at radius 3 is 2.64 bits per heavy atom. The maximum Gasteiger partial charge on any atom is 0.235 e. The summed E-state index contributed by atoms with van der Waals surface area (Å²) >= 11 is 6.47. The van der Waals surface area contributed by atoms with Gasteiger partial charge in [-0.2, -0.15) is 5.26 Å². The lowest BCUT2D eigenvalue weighted by Crippen LogP contribution is -2.42. The third-order valence-electron chi connectivity index (χ3n) is 5.35. The Kier molecular flexibility index (Phi) is 6.59. The lowest BCUT2D eigenvalue weighted by molar-refractivity contribution is -0.122. The van der Waals surface area contributed by atoms with Gasteiger partial charge in [0.05, 0.1) is 17.6 Å². The van der Waals surface area contributed by atoms with E-state index in [4.69, 9.17) is 16.3 Å². The first kappa shape index (κ1) is 20.2. The van der Waals surface area contributed by atoms with Crippen molar-refractivity contribution in [2.24, 2.45) is 0 Å². The number of halogens is 1.